The van der Waals surface area contributed by atoms with Gasteiger partial charge in [0.15, 0.2) is 0 Å². The minimum absolute atomic E-state index is 0.0815. The lowest BCUT2D eigenvalue weighted by molar-refractivity contribution is -0.137. The van der Waals surface area contributed by atoms with Gasteiger partial charge in [0.2, 0.25) is 0 Å². The number of urea groups is 1. The molecule has 0 aromatic heterocycles. The van der Waals surface area contributed by atoms with Gasteiger partial charge >= 0.3 is 12.0 Å². The summed E-state index contributed by atoms with van der Waals surface area (Å²) >= 11 is 0. The number of ether oxygens (including phenoxy) is 1. The quantitative estimate of drug-likeness (QED) is 0.669. The maximum absolute atomic E-state index is 11.8. The van der Waals surface area contributed by atoms with Crippen molar-refractivity contribution in [3.63, 3.8) is 0 Å². The van der Waals surface area contributed by atoms with Gasteiger partial charge in [-0.1, -0.05) is 0 Å². The molecule has 1 aliphatic heterocycles. The van der Waals surface area contributed by atoms with Gasteiger partial charge in [0.25, 0.3) is 0 Å². The summed E-state index contributed by atoms with van der Waals surface area (Å²) in [5.74, 6) is -0.837. The Morgan fingerprint density at radius 2 is 2.28 bits per heavy atom. The van der Waals surface area contributed by atoms with Crippen molar-refractivity contribution in [3.8, 4) is 0 Å². The van der Waals surface area contributed by atoms with E-state index in [0.29, 0.717) is 26.1 Å². The van der Waals surface area contributed by atoms with Crippen molar-refractivity contribution in [1.29, 1.82) is 0 Å². The van der Waals surface area contributed by atoms with Crippen LogP contribution in [-0.4, -0.2) is 54.4 Å². The van der Waals surface area contributed by atoms with Gasteiger partial charge in [0.1, 0.15) is 0 Å². The highest BCUT2D eigenvalue weighted by atomic mass is 16.5. The van der Waals surface area contributed by atoms with E-state index >= 15 is 0 Å². The maximum Gasteiger partial charge on any atom is 0.317 e. The fourth-order valence-electron chi connectivity index (χ4n) is 1.94. The van der Waals surface area contributed by atoms with Crippen molar-refractivity contribution in [2.24, 2.45) is 0 Å². The number of hydrogen-bond donors (Lipinski definition) is 2. The van der Waals surface area contributed by atoms with Gasteiger partial charge in [-0.15, -0.1) is 0 Å². The molecule has 18 heavy (non-hydrogen) atoms. The van der Waals surface area contributed by atoms with Crippen LogP contribution in [0.2, 0.25) is 0 Å². The third kappa shape index (κ3) is 5.35. The zero-order valence-electron chi connectivity index (χ0n) is 10.9. The van der Waals surface area contributed by atoms with Crippen molar-refractivity contribution in [2.45, 2.75) is 38.7 Å². The topological polar surface area (TPSA) is 78.9 Å². The molecule has 0 spiro atoms. The molecule has 1 saturated heterocycles. The van der Waals surface area contributed by atoms with E-state index in [-0.39, 0.29) is 18.6 Å². The van der Waals surface area contributed by atoms with Gasteiger partial charge in [-0.2, -0.15) is 0 Å². The van der Waals surface area contributed by atoms with E-state index in [2.05, 4.69) is 5.32 Å². The number of hydrogen-bond acceptors (Lipinski definition) is 3. The molecular weight excluding hydrogens is 236 g/mol. The number of carbonyl (C=O) groups is 2. The van der Waals surface area contributed by atoms with Crippen LogP contribution in [0.3, 0.4) is 0 Å². The molecule has 1 aliphatic rings. The number of likely N-dealkylation sites (N-methyl/N-ethyl adjacent to an activating group) is 1. The molecule has 0 bridgehead atoms. The summed E-state index contributed by atoms with van der Waals surface area (Å²) in [6.45, 7) is 4.34. The van der Waals surface area contributed by atoms with E-state index in [9.17, 15) is 9.59 Å². The number of carboxylic acid groups (broad SMARTS) is 1. The van der Waals surface area contributed by atoms with Crippen molar-refractivity contribution >= 4 is 12.0 Å². The lowest BCUT2D eigenvalue weighted by Crippen LogP contribution is -2.43. The van der Waals surface area contributed by atoms with Crippen LogP contribution in [0.25, 0.3) is 0 Å². The summed E-state index contributed by atoms with van der Waals surface area (Å²) < 4.78 is 5.49. The highest BCUT2D eigenvalue weighted by molar-refractivity contribution is 5.74. The smallest absolute Gasteiger partial charge is 0.317 e. The van der Waals surface area contributed by atoms with Gasteiger partial charge in [-0.3, -0.25) is 4.79 Å². The van der Waals surface area contributed by atoms with Crippen LogP contribution >= 0.6 is 0 Å². The largest absolute Gasteiger partial charge is 0.481 e. The Hall–Kier alpha value is -1.30. The second-order valence-electron chi connectivity index (χ2n) is 4.40. The maximum atomic E-state index is 11.8. The number of rotatable bonds is 7. The van der Waals surface area contributed by atoms with Crippen LogP contribution in [0.1, 0.15) is 32.6 Å². The number of carboxylic acids is 1. The second-order valence-corrected chi connectivity index (χ2v) is 4.40. The van der Waals surface area contributed by atoms with Crippen molar-refractivity contribution in [3.05, 3.63) is 0 Å². The molecular formula is C12H22N2O4. The summed E-state index contributed by atoms with van der Waals surface area (Å²) in [4.78, 5) is 23.8. The summed E-state index contributed by atoms with van der Waals surface area (Å²) in [5.41, 5.74) is 0. The van der Waals surface area contributed by atoms with Gasteiger partial charge in [0, 0.05) is 32.7 Å². The third-order valence-electron chi connectivity index (χ3n) is 2.96. The molecule has 2 N–H and O–H groups in total. The Bertz CT molecular complexity index is 277. The fourth-order valence-corrected chi connectivity index (χ4v) is 1.94. The molecule has 1 fully saturated rings. The van der Waals surface area contributed by atoms with Crippen molar-refractivity contribution in [2.75, 3.05) is 26.2 Å². The molecule has 0 aliphatic carbocycles. The van der Waals surface area contributed by atoms with E-state index in [1.165, 1.54) is 0 Å². The van der Waals surface area contributed by atoms with Gasteiger partial charge in [0.05, 0.1) is 6.10 Å². The van der Waals surface area contributed by atoms with Crippen LogP contribution in [-0.2, 0) is 9.53 Å². The molecule has 6 heteroatoms. The van der Waals surface area contributed by atoms with Crippen LogP contribution < -0.4 is 5.32 Å². The van der Waals surface area contributed by atoms with Crippen LogP contribution in [0, 0.1) is 0 Å². The zero-order chi connectivity index (χ0) is 13.4. The molecule has 0 aromatic rings. The first-order valence-corrected chi connectivity index (χ1v) is 6.49. The normalized spacial score (nSPS) is 18.6. The Morgan fingerprint density at radius 3 is 2.83 bits per heavy atom. The molecule has 1 atom stereocenters. The average molecular weight is 258 g/mol. The third-order valence-corrected chi connectivity index (χ3v) is 2.96. The Kier molecular flexibility index (Phi) is 6.49. The van der Waals surface area contributed by atoms with E-state index in [4.69, 9.17) is 9.84 Å². The monoisotopic (exact) mass is 258 g/mol. The minimum Gasteiger partial charge on any atom is -0.481 e. The number of amides is 2. The number of carbonyl (C=O) groups excluding carboxylic acids is 1. The molecule has 0 aromatic carbocycles. The molecule has 6 nitrogen and oxygen atoms in total. The highest BCUT2D eigenvalue weighted by Crippen LogP contribution is 2.13. The first-order chi connectivity index (χ1) is 8.63. The molecule has 1 unspecified atom stereocenters. The van der Waals surface area contributed by atoms with E-state index < -0.39 is 5.97 Å². The lowest BCUT2D eigenvalue weighted by Gasteiger charge is -2.24. The molecule has 0 saturated carbocycles. The summed E-state index contributed by atoms with van der Waals surface area (Å²) in [6, 6.07) is -0.140. The van der Waals surface area contributed by atoms with Gasteiger partial charge < -0.3 is 20.1 Å². The van der Waals surface area contributed by atoms with Crippen LogP contribution in [0.15, 0.2) is 0 Å². The molecule has 2 amide bonds. The summed E-state index contributed by atoms with van der Waals surface area (Å²) in [5, 5.41) is 11.2. The first kappa shape index (κ1) is 14.8. The Balaban J connectivity index is 2.21. The van der Waals surface area contributed by atoms with Crippen molar-refractivity contribution in [1.82, 2.24) is 10.2 Å². The van der Waals surface area contributed by atoms with Crippen molar-refractivity contribution < 1.29 is 19.4 Å². The van der Waals surface area contributed by atoms with Crippen LogP contribution in [0.5, 0.6) is 0 Å². The summed E-state index contributed by atoms with van der Waals surface area (Å²) in [6.07, 6.45) is 2.75. The molecule has 1 heterocycles. The SMILES string of the molecule is CCN(CC1CCCO1)C(=O)NCCCC(=O)O. The van der Waals surface area contributed by atoms with Crippen LogP contribution in [0.4, 0.5) is 4.79 Å². The van der Waals surface area contributed by atoms with Gasteiger partial charge in [-0.25, -0.2) is 4.79 Å². The molecule has 104 valence electrons. The van der Waals surface area contributed by atoms with E-state index in [1.807, 2.05) is 6.92 Å². The fraction of sp³-hybridized carbons (Fsp3) is 0.833. The molecule has 1 rings (SSSR count). The second kappa shape index (κ2) is 7.92. The lowest BCUT2D eigenvalue weighted by atomic mass is 10.2. The number of aliphatic carboxylic acids is 1. The standard InChI is InChI=1S/C12H22N2O4/c1-2-14(9-10-5-4-8-18-10)12(17)13-7-3-6-11(15)16/h10H,2-9H2,1H3,(H,13,17)(H,15,16). The Labute approximate surface area is 107 Å². The van der Waals surface area contributed by atoms with E-state index in [1.54, 1.807) is 4.90 Å². The Morgan fingerprint density at radius 1 is 1.50 bits per heavy atom. The predicted molar refractivity (Wildman–Crippen MR) is 66.5 cm³/mol. The predicted octanol–water partition coefficient (Wildman–Crippen LogP) is 1.06. The highest BCUT2D eigenvalue weighted by Gasteiger charge is 2.21. The minimum atomic E-state index is -0.837. The molecule has 0 radical (unpaired) electrons. The number of nitrogens with zero attached hydrogens (tertiary/aromatic N) is 1. The zero-order valence-corrected chi connectivity index (χ0v) is 10.9. The van der Waals surface area contributed by atoms with Gasteiger partial charge in [-0.05, 0) is 26.2 Å². The number of nitrogens with one attached hydrogen (secondary N) is 1. The first-order valence-electron chi connectivity index (χ1n) is 6.49. The summed E-state index contributed by atoms with van der Waals surface area (Å²) in [7, 11) is 0. The van der Waals surface area contributed by atoms with E-state index in [0.717, 1.165) is 19.4 Å². The average Bonchev–Trinajstić information content (AvgIpc) is 2.84.